The summed E-state index contributed by atoms with van der Waals surface area (Å²) in [6.45, 7) is 0. The molecule has 72 valence electrons. The molecule has 0 aliphatic rings. The maximum atomic E-state index is 8.80. The molecule has 2 rings (SSSR count). The van der Waals surface area contributed by atoms with Gasteiger partial charge in [0.25, 0.3) is 0 Å². The number of nitriles is 1. The minimum absolute atomic E-state index is 0.687. The van der Waals surface area contributed by atoms with Gasteiger partial charge in [0.1, 0.15) is 0 Å². The minimum atomic E-state index is 0.687. The summed E-state index contributed by atoms with van der Waals surface area (Å²) in [6.07, 6.45) is 0. The highest BCUT2D eigenvalue weighted by atomic mass is 79.9. The zero-order valence-corrected chi connectivity index (χ0v) is 9.53. The van der Waals surface area contributed by atoms with Gasteiger partial charge in [0.2, 0.25) is 0 Å². The molecule has 0 aliphatic heterocycles. The highest BCUT2D eigenvalue weighted by Gasteiger charge is 1.99. The number of hydrogen-bond donors (Lipinski definition) is 0. The summed E-state index contributed by atoms with van der Waals surface area (Å²) < 4.78 is 1.04. The monoisotopic (exact) mass is 257 g/mol. The SMILES string of the molecule is N#Cc1cccc(-c2cccc(Br)c2)c1. The Labute approximate surface area is 97.1 Å². The second kappa shape index (κ2) is 4.29. The molecule has 0 atom stereocenters. The summed E-state index contributed by atoms with van der Waals surface area (Å²) in [7, 11) is 0. The summed E-state index contributed by atoms with van der Waals surface area (Å²) in [5.41, 5.74) is 2.87. The maximum absolute atomic E-state index is 8.80. The summed E-state index contributed by atoms with van der Waals surface area (Å²) in [6, 6.07) is 17.8. The highest BCUT2D eigenvalue weighted by molar-refractivity contribution is 9.10. The lowest BCUT2D eigenvalue weighted by Crippen LogP contribution is -1.79. The van der Waals surface area contributed by atoms with Crippen molar-refractivity contribution < 1.29 is 0 Å². The van der Waals surface area contributed by atoms with E-state index in [1.807, 2.05) is 48.5 Å². The Morgan fingerprint density at radius 2 is 1.60 bits per heavy atom. The van der Waals surface area contributed by atoms with E-state index in [9.17, 15) is 0 Å². The molecule has 0 unspecified atom stereocenters. The molecule has 0 N–H and O–H groups in total. The second-order valence-corrected chi connectivity index (χ2v) is 4.12. The van der Waals surface area contributed by atoms with Crippen LogP contribution in [0, 0.1) is 11.3 Å². The number of rotatable bonds is 1. The van der Waals surface area contributed by atoms with Crippen LogP contribution in [0.2, 0.25) is 0 Å². The predicted molar refractivity (Wildman–Crippen MR) is 64.3 cm³/mol. The van der Waals surface area contributed by atoms with E-state index in [0.29, 0.717) is 5.56 Å². The van der Waals surface area contributed by atoms with Crippen molar-refractivity contribution in [3.05, 3.63) is 58.6 Å². The zero-order chi connectivity index (χ0) is 10.7. The van der Waals surface area contributed by atoms with Crippen LogP contribution in [0.1, 0.15) is 5.56 Å². The third-order valence-corrected chi connectivity index (χ3v) is 2.64. The van der Waals surface area contributed by atoms with Crippen LogP contribution < -0.4 is 0 Å². The molecule has 0 aromatic heterocycles. The molecule has 1 nitrogen and oxygen atoms in total. The summed E-state index contributed by atoms with van der Waals surface area (Å²) in [4.78, 5) is 0. The smallest absolute Gasteiger partial charge is 0.0991 e. The van der Waals surface area contributed by atoms with Gasteiger partial charge in [0.05, 0.1) is 11.6 Å². The lowest BCUT2D eigenvalue weighted by Gasteiger charge is -2.02. The second-order valence-electron chi connectivity index (χ2n) is 3.20. The van der Waals surface area contributed by atoms with Gasteiger partial charge in [0.15, 0.2) is 0 Å². The summed E-state index contributed by atoms with van der Waals surface area (Å²) >= 11 is 3.43. The number of hydrogen-bond acceptors (Lipinski definition) is 1. The van der Waals surface area contributed by atoms with Crippen molar-refractivity contribution in [1.82, 2.24) is 0 Å². The van der Waals surface area contributed by atoms with E-state index in [0.717, 1.165) is 15.6 Å². The Balaban J connectivity index is 2.50. The average Bonchev–Trinajstić information content (AvgIpc) is 2.29. The van der Waals surface area contributed by atoms with Crippen molar-refractivity contribution in [3.63, 3.8) is 0 Å². The molecule has 0 heterocycles. The number of benzene rings is 2. The van der Waals surface area contributed by atoms with Crippen LogP contribution in [0.3, 0.4) is 0 Å². The molecule has 0 radical (unpaired) electrons. The lowest BCUT2D eigenvalue weighted by molar-refractivity contribution is 1.48. The summed E-state index contributed by atoms with van der Waals surface area (Å²) in [5, 5.41) is 8.80. The maximum Gasteiger partial charge on any atom is 0.0991 e. The van der Waals surface area contributed by atoms with Crippen molar-refractivity contribution in [1.29, 1.82) is 5.26 Å². The fourth-order valence-corrected chi connectivity index (χ4v) is 1.84. The Bertz CT molecular complexity index is 526. The van der Waals surface area contributed by atoms with Crippen LogP contribution >= 0.6 is 15.9 Å². The molecule has 0 bridgehead atoms. The molecule has 0 aliphatic carbocycles. The van der Waals surface area contributed by atoms with E-state index in [-0.39, 0.29) is 0 Å². The van der Waals surface area contributed by atoms with Gasteiger partial charge in [-0.15, -0.1) is 0 Å². The van der Waals surface area contributed by atoms with Crippen LogP contribution in [0.15, 0.2) is 53.0 Å². The first kappa shape index (κ1) is 9.95. The van der Waals surface area contributed by atoms with Gasteiger partial charge >= 0.3 is 0 Å². The molecule has 0 amide bonds. The van der Waals surface area contributed by atoms with E-state index in [1.165, 1.54) is 0 Å². The third-order valence-electron chi connectivity index (χ3n) is 2.15. The Kier molecular flexibility index (Phi) is 2.84. The number of halogens is 1. The Morgan fingerprint density at radius 3 is 2.27 bits per heavy atom. The predicted octanol–water partition coefficient (Wildman–Crippen LogP) is 3.99. The lowest BCUT2D eigenvalue weighted by atomic mass is 10.0. The van der Waals surface area contributed by atoms with Gasteiger partial charge in [-0.2, -0.15) is 5.26 Å². The molecule has 0 saturated heterocycles. The van der Waals surface area contributed by atoms with Crippen LogP contribution in [-0.4, -0.2) is 0 Å². The molecule has 0 saturated carbocycles. The first-order valence-corrected chi connectivity index (χ1v) is 5.35. The van der Waals surface area contributed by atoms with E-state index < -0.39 is 0 Å². The van der Waals surface area contributed by atoms with Gasteiger partial charge in [-0.3, -0.25) is 0 Å². The van der Waals surface area contributed by atoms with E-state index in [2.05, 4.69) is 22.0 Å². The molecule has 2 aromatic carbocycles. The quantitative estimate of drug-likeness (QED) is 0.758. The molecule has 2 heteroatoms. The third kappa shape index (κ3) is 2.26. The van der Waals surface area contributed by atoms with E-state index in [1.54, 1.807) is 0 Å². The van der Waals surface area contributed by atoms with Crippen LogP contribution in [0.4, 0.5) is 0 Å². The molecular formula is C13H8BrN. The van der Waals surface area contributed by atoms with E-state index >= 15 is 0 Å². The van der Waals surface area contributed by atoms with Crippen molar-refractivity contribution >= 4 is 15.9 Å². The topological polar surface area (TPSA) is 23.8 Å². The van der Waals surface area contributed by atoms with Crippen molar-refractivity contribution in [3.8, 4) is 17.2 Å². The standard InChI is InChI=1S/C13H8BrN/c14-13-6-2-5-12(8-13)11-4-1-3-10(7-11)9-15/h1-8H. The van der Waals surface area contributed by atoms with Gasteiger partial charge in [-0.25, -0.2) is 0 Å². The highest BCUT2D eigenvalue weighted by Crippen LogP contribution is 2.23. The van der Waals surface area contributed by atoms with Crippen LogP contribution in [-0.2, 0) is 0 Å². The first-order valence-electron chi connectivity index (χ1n) is 4.56. The van der Waals surface area contributed by atoms with Gasteiger partial charge in [-0.1, -0.05) is 40.2 Å². The average molecular weight is 258 g/mol. The Morgan fingerprint density at radius 1 is 0.933 bits per heavy atom. The molecule has 2 aromatic rings. The van der Waals surface area contributed by atoms with Gasteiger partial charge in [0, 0.05) is 4.47 Å². The first-order chi connectivity index (χ1) is 7.29. The van der Waals surface area contributed by atoms with Crippen LogP contribution in [0.5, 0.6) is 0 Å². The molecule has 0 spiro atoms. The normalized spacial score (nSPS) is 9.60. The van der Waals surface area contributed by atoms with E-state index in [4.69, 9.17) is 5.26 Å². The largest absolute Gasteiger partial charge is 0.192 e. The van der Waals surface area contributed by atoms with Crippen molar-refractivity contribution in [2.75, 3.05) is 0 Å². The van der Waals surface area contributed by atoms with Gasteiger partial charge in [-0.05, 0) is 35.4 Å². The minimum Gasteiger partial charge on any atom is -0.192 e. The fourth-order valence-electron chi connectivity index (χ4n) is 1.44. The molecular weight excluding hydrogens is 250 g/mol. The van der Waals surface area contributed by atoms with Crippen molar-refractivity contribution in [2.45, 2.75) is 0 Å². The molecule has 0 fully saturated rings. The fraction of sp³-hybridized carbons (Fsp3) is 0. The number of nitrogens with zero attached hydrogens (tertiary/aromatic N) is 1. The van der Waals surface area contributed by atoms with Crippen LogP contribution in [0.25, 0.3) is 11.1 Å². The zero-order valence-electron chi connectivity index (χ0n) is 7.94. The van der Waals surface area contributed by atoms with Crippen molar-refractivity contribution in [2.24, 2.45) is 0 Å². The Hall–Kier alpha value is -1.59. The molecule has 15 heavy (non-hydrogen) atoms. The van der Waals surface area contributed by atoms with Gasteiger partial charge < -0.3 is 0 Å². The summed E-state index contributed by atoms with van der Waals surface area (Å²) in [5.74, 6) is 0.